The summed E-state index contributed by atoms with van der Waals surface area (Å²) in [6.07, 6.45) is 5.44. The quantitative estimate of drug-likeness (QED) is 0.734. The monoisotopic (exact) mass is 231 g/mol. The molecule has 0 amide bonds. The summed E-state index contributed by atoms with van der Waals surface area (Å²) in [5.74, 6) is 1.99. The van der Waals surface area contributed by atoms with Crippen molar-refractivity contribution in [2.75, 3.05) is 18.1 Å². The zero-order valence-corrected chi connectivity index (χ0v) is 10.6. The van der Waals surface area contributed by atoms with E-state index < -0.39 is 0 Å². The number of rotatable bonds is 1. The summed E-state index contributed by atoms with van der Waals surface area (Å²) in [6.45, 7) is 4.27. The van der Waals surface area contributed by atoms with E-state index in [4.69, 9.17) is 4.74 Å². The lowest BCUT2D eigenvalue weighted by atomic mass is 9.86. The van der Waals surface area contributed by atoms with Gasteiger partial charge in [0.05, 0.1) is 12.2 Å². The van der Waals surface area contributed by atoms with Crippen molar-refractivity contribution >= 4 is 5.69 Å². The Morgan fingerprint density at radius 2 is 1.88 bits per heavy atom. The second-order valence-electron chi connectivity index (χ2n) is 5.42. The maximum absolute atomic E-state index is 5.72. The standard InChI is InChI=1S/C15H21NO/c1-12-6-8-13(9-7-12)16-10-11-17-15-5-3-2-4-14(15)16/h2-5,12-13H,6-11H2,1H3/t12-,13+. The maximum atomic E-state index is 5.72. The Balaban J connectivity index is 1.80. The van der Waals surface area contributed by atoms with Crippen molar-refractivity contribution in [3.8, 4) is 5.75 Å². The second kappa shape index (κ2) is 4.59. The van der Waals surface area contributed by atoms with E-state index in [2.05, 4.69) is 36.1 Å². The Morgan fingerprint density at radius 3 is 2.71 bits per heavy atom. The second-order valence-corrected chi connectivity index (χ2v) is 5.42. The van der Waals surface area contributed by atoms with Crippen molar-refractivity contribution in [2.24, 2.45) is 5.92 Å². The van der Waals surface area contributed by atoms with Gasteiger partial charge < -0.3 is 9.64 Å². The first-order valence-corrected chi connectivity index (χ1v) is 6.83. The summed E-state index contributed by atoms with van der Waals surface area (Å²) < 4.78 is 5.72. The molecule has 1 fully saturated rings. The van der Waals surface area contributed by atoms with E-state index in [1.54, 1.807) is 0 Å². The molecule has 0 atom stereocenters. The fourth-order valence-electron chi connectivity index (χ4n) is 3.12. The Labute approximate surface area is 104 Å². The van der Waals surface area contributed by atoms with Crippen LogP contribution < -0.4 is 9.64 Å². The van der Waals surface area contributed by atoms with Gasteiger partial charge in [0.1, 0.15) is 12.4 Å². The lowest BCUT2D eigenvalue weighted by Crippen LogP contribution is -2.42. The molecule has 0 aromatic heterocycles. The molecule has 0 bridgehead atoms. The van der Waals surface area contributed by atoms with E-state index in [-0.39, 0.29) is 0 Å². The smallest absolute Gasteiger partial charge is 0.142 e. The van der Waals surface area contributed by atoms with Crippen LogP contribution in [0.4, 0.5) is 5.69 Å². The molecule has 0 spiro atoms. The third-order valence-corrected chi connectivity index (χ3v) is 4.19. The summed E-state index contributed by atoms with van der Waals surface area (Å²) in [6, 6.07) is 9.20. The summed E-state index contributed by atoms with van der Waals surface area (Å²) in [5.41, 5.74) is 1.30. The van der Waals surface area contributed by atoms with E-state index in [1.807, 2.05) is 0 Å². The number of hydrogen-bond donors (Lipinski definition) is 0. The highest BCUT2D eigenvalue weighted by Crippen LogP contribution is 2.36. The molecule has 1 aliphatic heterocycles. The van der Waals surface area contributed by atoms with Gasteiger partial charge in [-0.2, -0.15) is 0 Å². The molecule has 0 radical (unpaired) electrons. The molecule has 1 saturated carbocycles. The minimum absolute atomic E-state index is 0.733. The Bertz CT molecular complexity index is 382. The Morgan fingerprint density at radius 1 is 1.12 bits per heavy atom. The molecular formula is C15H21NO. The van der Waals surface area contributed by atoms with Crippen molar-refractivity contribution in [2.45, 2.75) is 38.6 Å². The molecule has 2 aliphatic rings. The van der Waals surface area contributed by atoms with Crippen LogP contribution in [0.15, 0.2) is 24.3 Å². The third kappa shape index (κ3) is 2.13. The lowest BCUT2D eigenvalue weighted by Gasteiger charge is -2.40. The van der Waals surface area contributed by atoms with Crippen LogP contribution in [0.2, 0.25) is 0 Å². The molecule has 1 aromatic carbocycles. The molecule has 2 heteroatoms. The average Bonchev–Trinajstić information content (AvgIpc) is 2.39. The Kier molecular flexibility index (Phi) is 2.96. The van der Waals surface area contributed by atoms with E-state index in [1.165, 1.54) is 31.4 Å². The van der Waals surface area contributed by atoms with Crippen LogP contribution in [0.5, 0.6) is 5.75 Å². The number of ether oxygens (including phenoxy) is 1. The van der Waals surface area contributed by atoms with Crippen molar-refractivity contribution in [1.29, 1.82) is 0 Å². The van der Waals surface area contributed by atoms with Gasteiger partial charge in [0.15, 0.2) is 0 Å². The number of fused-ring (bicyclic) bond motifs is 1. The van der Waals surface area contributed by atoms with Gasteiger partial charge in [-0.1, -0.05) is 19.1 Å². The maximum Gasteiger partial charge on any atom is 0.142 e. The van der Waals surface area contributed by atoms with Gasteiger partial charge >= 0.3 is 0 Å². The first-order valence-electron chi connectivity index (χ1n) is 6.83. The zero-order chi connectivity index (χ0) is 11.7. The van der Waals surface area contributed by atoms with E-state index >= 15 is 0 Å². The summed E-state index contributed by atoms with van der Waals surface area (Å²) in [5, 5.41) is 0. The van der Waals surface area contributed by atoms with Crippen LogP contribution in [0, 0.1) is 5.92 Å². The summed E-state index contributed by atoms with van der Waals surface area (Å²) >= 11 is 0. The van der Waals surface area contributed by atoms with Crippen LogP contribution >= 0.6 is 0 Å². The first kappa shape index (κ1) is 10.9. The SMILES string of the molecule is C[C@H]1CC[C@@H](N2CCOc3ccccc32)CC1. The molecule has 0 saturated heterocycles. The first-order chi connectivity index (χ1) is 8.34. The van der Waals surface area contributed by atoms with Crippen LogP contribution in [0.25, 0.3) is 0 Å². The minimum Gasteiger partial charge on any atom is -0.490 e. The van der Waals surface area contributed by atoms with E-state index in [0.717, 1.165) is 30.9 Å². The highest BCUT2D eigenvalue weighted by Gasteiger charge is 2.27. The number of benzene rings is 1. The fourth-order valence-corrected chi connectivity index (χ4v) is 3.12. The molecule has 3 rings (SSSR count). The fraction of sp³-hybridized carbons (Fsp3) is 0.600. The molecule has 0 unspecified atom stereocenters. The highest BCUT2D eigenvalue weighted by molar-refractivity contribution is 5.60. The average molecular weight is 231 g/mol. The van der Waals surface area contributed by atoms with Crippen molar-refractivity contribution in [3.05, 3.63) is 24.3 Å². The van der Waals surface area contributed by atoms with Crippen molar-refractivity contribution in [3.63, 3.8) is 0 Å². The molecule has 1 aliphatic carbocycles. The molecule has 17 heavy (non-hydrogen) atoms. The van der Waals surface area contributed by atoms with Crippen molar-refractivity contribution < 1.29 is 4.74 Å². The molecule has 1 aromatic rings. The van der Waals surface area contributed by atoms with E-state index in [0.29, 0.717) is 0 Å². The highest BCUT2D eigenvalue weighted by atomic mass is 16.5. The zero-order valence-electron chi connectivity index (χ0n) is 10.6. The minimum atomic E-state index is 0.733. The van der Waals surface area contributed by atoms with Gasteiger partial charge in [-0.15, -0.1) is 0 Å². The number of hydrogen-bond acceptors (Lipinski definition) is 2. The lowest BCUT2D eigenvalue weighted by molar-refractivity contribution is 0.275. The summed E-state index contributed by atoms with van der Waals surface area (Å²) in [4.78, 5) is 2.57. The van der Waals surface area contributed by atoms with Gasteiger partial charge in [-0.25, -0.2) is 0 Å². The number of nitrogens with zero attached hydrogens (tertiary/aromatic N) is 1. The van der Waals surface area contributed by atoms with Gasteiger partial charge in [-0.3, -0.25) is 0 Å². The normalized spacial score (nSPS) is 28.4. The van der Waals surface area contributed by atoms with Gasteiger partial charge in [0, 0.05) is 6.04 Å². The van der Waals surface area contributed by atoms with Gasteiger partial charge in [0.25, 0.3) is 0 Å². The predicted molar refractivity (Wildman–Crippen MR) is 70.7 cm³/mol. The molecule has 92 valence electrons. The molecule has 2 nitrogen and oxygen atoms in total. The van der Waals surface area contributed by atoms with Crippen LogP contribution in [0.3, 0.4) is 0 Å². The van der Waals surface area contributed by atoms with Gasteiger partial charge in [0.2, 0.25) is 0 Å². The Hall–Kier alpha value is -1.18. The number of anilines is 1. The van der Waals surface area contributed by atoms with Crippen LogP contribution in [0.1, 0.15) is 32.6 Å². The van der Waals surface area contributed by atoms with Crippen molar-refractivity contribution in [1.82, 2.24) is 0 Å². The third-order valence-electron chi connectivity index (χ3n) is 4.19. The largest absolute Gasteiger partial charge is 0.490 e. The topological polar surface area (TPSA) is 12.5 Å². The predicted octanol–water partition coefficient (Wildman–Crippen LogP) is 3.46. The van der Waals surface area contributed by atoms with Gasteiger partial charge in [-0.05, 0) is 43.7 Å². The van der Waals surface area contributed by atoms with E-state index in [9.17, 15) is 0 Å². The van der Waals surface area contributed by atoms with Crippen LogP contribution in [-0.4, -0.2) is 19.2 Å². The van der Waals surface area contributed by atoms with Crippen LogP contribution in [-0.2, 0) is 0 Å². The summed E-state index contributed by atoms with van der Waals surface area (Å²) in [7, 11) is 0. The molecule has 1 heterocycles. The molecule has 0 N–H and O–H groups in total. The number of para-hydroxylation sites is 2. The molecular weight excluding hydrogens is 210 g/mol.